The normalized spacial score (nSPS) is 10.4. The molecular formula is C20H17NO. The van der Waals surface area contributed by atoms with Crippen LogP contribution in [-0.4, -0.2) is 10.8 Å². The van der Waals surface area contributed by atoms with E-state index in [9.17, 15) is 4.79 Å². The lowest BCUT2D eigenvalue weighted by molar-refractivity contribution is 0.0992. The Hall–Kier alpha value is -2.74. The molecule has 0 aliphatic rings. The Morgan fingerprint density at radius 2 is 1.64 bits per heavy atom. The molecule has 0 aliphatic carbocycles. The minimum Gasteiger partial charge on any atom is -0.294 e. The second-order valence-electron chi connectivity index (χ2n) is 5.29. The van der Waals surface area contributed by atoms with Gasteiger partial charge in [0, 0.05) is 23.7 Å². The fraction of sp³-hybridized carbons (Fsp3) is 0.100. The first-order valence-corrected chi connectivity index (χ1v) is 7.34. The average Bonchev–Trinajstić information content (AvgIpc) is 2.56. The minimum atomic E-state index is 0.140. The van der Waals surface area contributed by atoms with Crippen molar-refractivity contribution >= 4 is 5.78 Å². The molecule has 0 bridgehead atoms. The van der Waals surface area contributed by atoms with Crippen molar-refractivity contribution in [1.29, 1.82) is 0 Å². The first-order chi connectivity index (χ1) is 10.8. The fourth-order valence-corrected chi connectivity index (χ4v) is 2.60. The van der Waals surface area contributed by atoms with Crippen LogP contribution in [0.4, 0.5) is 0 Å². The van der Waals surface area contributed by atoms with Gasteiger partial charge in [-0.25, -0.2) is 0 Å². The molecule has 0 N–H and O–H groups in total. The van der Waals surface area contributed by atoms with Gasteiger partial charge in [-0.1, -0.05) is 54.6 Å². The predicted molar refractivity (Wildman–Crippen MR) is 88.9 cm³/mol. The minimum absolute atomic E-state index is 0.140. The van der Waals surface area contributed by atoms with E-state index in [1.54, 1.807) is 6.20 Å². The zero-order chi connectivity index (χ0) is 15.4. The molecule has 2 heteroatoms. The molecule has 0 aliphatic heterocycles. The average molecular weight is 287 g/mol. The SMILES string of the molecule is Cc1ccccc1C(=O)Cc1ccccc1-c1ccccn1. The number of hydrogen-bond acceptors (Lipinski definition) is 2. The Bertz CT molecular complexity index is 794. The van der Waals surface area contributed by atoms with Gasteiger partial charge in [-0.05, 0) is 30.2 Å². The summed E-state index contributed by atoms with van der Waals surface area (Å²) in [5.74, 6) is 0.140. The topological polar surface area (TPSA) is 30.0 Å². The molecule has 22 heavy (non-hydrogen) atoms. The number of Topliss-reactive ketones (excluding diaryl/α,β-unsaturated/α-hetero) is 1. The van der Waals surface area contributed by atoms with E-state index < -0.39 is 0 Å². The summed E-state index contributed by atoms with van der Waals surface area (Å²) in [4.78, 5) is 17.0. The number of pyridine rings is 1. The van der Waals surface area contributed by atoms with E-state index in [4.69, 9.17) is 0 Å². The first kappa shape index (κ1) is 14.2. The molecule has 3 aromatic rings. The van der Waals surface area contributed by atoms with E-state index in [-0.39, 0.29) is 5.78 Å². The Morgan fingerprint density at radius 1 is 0.909 bits per heavy atom. The van der Waals surface area contributed by atoms with Crippen LogP contribution in [0, 0.1) is 6.92 Å². The summed E-state index contributed by atoms with van der Waals surface area (Å²) < 4.78 is 0. The van der Waals surface area contributed by atoms with Crippen molar-refractivity contribution in [3.05, 3.63) is 89.6 Å². The number of carbonyl (C=O) groups excluding carboxylic acids is 1. The van der Waals surface area contributed by atoms with Crippen LogP contribution in [0.25, 0.3) is 11.3 Å². The monoisotopic (exact) mass is 287 g/mol. The summed E-state index contributed by atoms with van der Waals surface area (Å²) in [6.45, 7) is 1.97. The van der Waals surface area contributed by atoms with Crippen molar-refractivity contribution in [2.75, 3.05) is 0 Å². The van der Waals surface area contributed by atoms with Gasteiger partial charge in [0.05, 0.1) is 5.69 Å². The first-order valence-electron chi connectivity index (χ1n) is 7.34. The Labute approximate surface area is 130 Å². The quantitative estimate of drug-likeness (QED) is 0.662. The third kappa shape index (κ3) is 2.96. The molecule has 0 amide bonds. The van der Waals surface area contributed by atoms with Crippen molar-refractivity contribution in [2.24, 2.45) is 0 Å². The van der Waals surface area contributed by atoms with Crippen LogP contribution in [0.1, 0.15) is 21.5 Å². The summed E-state index contributed by atoms with van der Waals surface area (Å²) in [7, 11) is 0. The highest BCUT2D eigenvalue weighted by atomic mass is 16.1. The number of nitrogens with zero attached hydrogens (tertiary/aromatic N) is 1. The largest absolute Gasteiger partial charge is 0.294 e. The van der Waals surface area contributed by atoms with Gasteiger partial charge in [-0.2, -0.15) is 0 Å². The second kappa shape index (κ2) is 6.35. The highest BCUT2D eigenvalue weighted by Crippen LogP contribution is 2.23. The molecule has 2 aromatic carbocycles. The lowest BCUT2D eigenvalue weighted by atomic mass is 9.95. The number of carbonyl (C=O) groups is 1. The molecule has 108 valence electrons. The van der Waals surface area contributed by atoms with Crippen molar-refractivity contribution in [3.8, 4) is 11.3 Å². The van der Waals surface area contributed by atoms with Crippen LogP contribution >= 0.6 is 0 Å². The Morgan fingerprint density at radius 3 is 2.41 bits per heavy atom. The molecule has 0 saturated heterocycles. The van der Waals surface area contributed by atoms with Gasteiger partial charge >= 0.3 is 0 Å². The molecule has 0 radical (unpaired) electrons. The predicted octanol–water partition coefficient (Wildman–Crippen LogP) is 4.48. The van der Waals surface area contributed by atoms with E-state index in [1.807, 2.05) is 73.7 Å². The van der Waals surface area contributed by atoms with E-state index in [2.05, 4.69) is 4.98 Å². The molecule has 2 nitrogen and oxygen atoms in total. The van der Waals surface area contributed by atoms with Crippen LogP contribution in [0.15, 0.2) is 72.9 Å². The number of hydrogen-bond donors (Lipinski definition) is 0. The van der Waals surface area contributed by atoms with Gasteiger partial charge in [-0.15, -0.1) is 0 Å². The standard InChI is InChI=1S/C20H17NO/c1-15-8-2-4-10-17(15)20(22)14-16-9-3-5-11-18(16)19-12-6-7-13-21-19/h2-13H,14H2,1H3. The summed E-state index contributed by atoms with van der Waals surface area (Å²) in [6.07, 6.45) is 2.16. The van der Waals surface area contributed by atoms with Crippen molar-refractivity contribution in [2.45, 2.75) is 13.3 Å². The van der Waals surface area contributed by atoms with Crippen LogP contribution in [-0.2, 0) is 6.42 Å². The van der Waals surface area contributed by atoms with Gasteiger partial charge in [0.1, 0.15) is 0 Å². The number of aromatic nitrogens is 1. The number of benzene rings is 2. The van der Waals surface area contributed by atoms with Crippen molar-refractivity contribution < 1.29 is 4.79 Å². The van der Waals surface area contributed by atoms with Gasteiger partial charge in [0.2, 0.25) is 0 Å². The summed E-state index contributed by atoms with van der Waals surface area (Å²) >= 11 is 0. The van der Waals surface area contributed by atoms with Crippen LogP contribution in [0.3, 0.4) is 0 Å². The van der Waals surface area contributed by atoms with Gasteiger partial charge < -0.3 is 0 Å². The number of rotatable bonds is 4. The van der Waals surface area contributed by atoms with Crippen LogP contribution in [0.5, 0.6) is 0 Å². The molecule has 0 unspecified atom stereocenters. The third-order valence-corrected chi connectivity index (χ3v) is 3.75. The van der Waals surface area contributed by atoms with Crippen LogP contribution in [0.2, 0.25) is 0 Å². The molecule has 3 rings (SSSR count). The van der Waals surface area contributed by atoms with E-state index >= 15 is 0 Å². The second-order valence-corrected chi connectivity index (χ2v) is 5.29. The van der Waals surface area contributed by atoms with Gasteiger partial charge in [0.25, 0.3) is 0 Å². The smallest absolute Gasteiger partial charge is 0.167 e. The van der Waals surface area contributed by atoms with Crippen LogP contribution < -0.4 is 0 Å². The third-order valence-electron chi connectivity index (χ3n) is 3.75. The fourth-order valence-electron chi connectivity index (χ4n) is 2.60. The van der Waals surface area contributed by atoms with E-state index in [1.165, 1.54) is 0 Å². The zero-order valence-corrected chi connectivity index (χ0v) is 12.5. The molecule has 0 spiro atoms. The highest BCUT2D eigenvalue weighted by Gasteiger charge is 2.13. The van der Waals surface area contributed by atoms with E-state index in [0.29, 0.717) is 6.42 Å². The highest BCUT2D eigenvalue weighted by molar-refractivity contribution is 5.99. The zero-order valence-electron chi connectivity index (χ0n) is 12.5. The summed E-state index contributed by atoms with van der Waals surface area (Å²) in [5, 5.41) is 0. The maximum absolute atomic E-state index is 12.6. The lowest BCUT2D eigenvalue weighted by Crippen LogP contribution is -2.06. The van der Waals surface area contributed by atoms with Gasteiger partial charge in [-0.3, -0.25) is 9.78 Å². The summed E-state index contributed by atoms with van der Waals surface area (Å²) in [6, 6.07) is 21.5. The molecule has 0 saturated carbocycles. The van der Waals surface area contributed by atoms with Crippen molar-refractivity contribution in [1.82, 2.24) is 4.98 Å². The molecule has 0 atom stereocenters. The number of aryl methyl sites for hydroxylation is 1. The lowest BCUT2D eigenvalue weighted by Gasteiger charge is -2.09. The molecule has 0 fully saturated rings. The molecule has 1 heterocycles. The van der Waals surface area contributed by atoms with E-state index in [0.717, 1.165) is 27.9 Å². The van der Waals surface area contributed by atoms with Crippen molar-refractivity contribution in [3.63, 3.8) is 0 Å². The molecular weight excluding hydrogens is 270 g/mol. The van der Waals surface area contributed by atoms with Gasteiger partial charge in [0.15, 0.2) is 5.78 Å². The molecule has 1 aromatic heterocycles. The maximum atomic E-state index is 12.6. The summed E-state index contributed by atoms with van der Waals surface area (Å²) in [5.41, 5.74) is 4.73. The number of ketones is 1. The Balaban J connectivity index is 1.94. The Kier molecular flexibility index (Phi) is 4.10. The maximum Gasteiger partial charge on any atom is 0.167 e.